The van der Waals surface area contributed by atoms with Crippen LogP contribution < -0.4 is 4.74 Å². The fraction of sp³-hybridized carbons (Fsp3) is 0.240. The molecule has 31 heavy (non-hydrogen) atoms. The van der Waals surface area contributed by atoms with Crippen LogP contribution in [-0.4, -0.2) is 32.4 Å². The highest BCUT2D eigenvalue weighted by atomic mass is 16.5. The molecule has 0 spiro atoms. The van der Waals surface area contributed by atoms with Crippen molar-refractivity contribution in [3.8, 4) is 11.6 Å². The molecule has 1 aliphatic rings. The van der Waals surface area contributed by atoms with E-state index in [0.717, 1.165) is 35.9 Å². The number of ether oxygens (including phenoxy) is 1. The molecule has 1 aliphatic carbocycles. The third-order valence-corrected chi connectivity index (χ3v) is 5.98. The molecule has 2 aromatic heterocycles. The summed E-state index contributed by atoms with van der Waals surface area (Å²) in [4.78, 5) is 24.7. The van der Waals surface area contributed by atoms with Gasteiger partial charge in [0.1, 0.15) is 5.75 Å². The Morgan fingerprint density at radius 1 is 1.06 bits per heavy atom. The summed E-state index contributed by atoms with van der Waals surface area (Å²) >= 11 is 0. The Balaban J connectivity index is 1.34. The molecular formula is C25H23N3O3. The zero-order valence-corrected chi connectivity index (χ0v) is 17.0. The summed E-state index contributed by atoms with van der Waals surface area (Å²) in [5.41, 5.74) is 3.21. The van der Waals surface area contributed by atoms with Gasteiger partial charge >= 0.3 is 0 Å². The number of aromatic nitrogens is 3. The molecule has 6 nitrogen and oxygen atoms in total. The number of H-pyrrole nitrogens is 1. The molecule has 5 rings (SSSR count). The van der Waals surface area contributed by atoms with Crippen LogP contribution in [0.4, 0.5) is 0 Å². The number of rotatable bonds is 6. The maximum Gasteiger partial charge on any atom is 0.228 e. The van der Waals surface area contributed by atoms with Gasteiger partial charge in [-0.25, -0.2) is 9.97 Å². The predicted octanol–water partition coefficient (Wildman–Crippen LogP) is 4.86. The first-order valence-corrected chi connectivity index (χ1v) is 10.5. The van der Waals surface area contributed by atoms with Gasteiger partial charge in [-0.1, -0.05) is 18.2 Å². The largest absolute Gasteiger partial charge is 0.439 e. The fourth-order valence-electron chi connectivity index (χ4n) is 4.31. The first kappa shape index (κ1) is 19.5. The van der Waals surface area contributed by atoms with Crippen LogP contribution >= 0.6 is 0 Å². The van der Waals surface area contributed by atoms with Crippen LogP contribution in [0, 0.1) is 5.92 Å². The van der Waals surface area contributed by atoms with E-state index >= 15 is 0 Å². The van der Waals surface area contributed by atoms with E-state index in [0.29, 0.717) is 34.9 Å². The van der Waals surface area contributed by atoms with E-state index < -0.39 is 0 Å². The average molecular weight is 413 g/mol. The highest BCUT2D eigenvalue weighted by Crippen LogP contribution is 2.41. The SMILES string of the molecule is O=C(c1ccc(Oc2ncccc2[C@H]2CC[C@@H](CO)C2)cc1)c1nc2ccccc2[nH]1. The van der Waals surface area contributed by atoms with Crippen LogP contribution in [0.15, 0.2) is 66.9 Å². The Hall–Kier alpha value is -3.51. The maximum atomic E-state index is 12.8. The van der Waals surface area contributed by atoms with Crippen molar-refractivity contribution in [2.45, 2.75) is 25.2 Å². The highest BCUT2D eigenvalue weighted by molar-refractivity contribution is 6.08. The normalized spacial score (nSPS) is 18.4. The number of aromatic amines is 1. The monoisotopic (exact) mass is 413 g/mol. The van der Waals surface area contributed by atoms with Gasteiger partial charge in [-0.3, -0.25) is 4.79 Å². The van der Waals surface area contributed by atoms with Gasteiger partial charge in [0.05, 0.1) is 11.0 Å². The van der Waals surface area contributed by atoms with Gasteiger partial charge in [0, 0.05) is 23.9 Å². The second kappa shape index (κ2) is 8.32. The van der Waals surface area contributed by atoms with Crippen LogP contribution in [0.2, 0.25) is 0 Å². The number of carbonyl (C=O) groups excluding carboxylic acids is 1. The third-order valence-electron chi connectivity index (χ3n) is 5.98. The quantitative estimate of drug-likeness (QED) is 0.441. The Morgan fingerprint density at radius 2 is 1.90 bits per heavy atom. The Morgan fingerprint density at radius 3 is 2.68 bits per heavy atom. The molecule has 2 aromatic carbocycles. The summed E-state index contributed by atoms with van der Waals surface area (Å²) in [6.45, 7) is 0.230. The number of carbonyl (C=O) groups is 1. The lowest BCUT2D eigenvalue weighted by Gasteiger charge is -2.15. The van der Waals surface area contributed by atoms with Crippen molar-refractivity contribution in [2.24, 2.45) is 5.92 Å². The van der Waals surface area contributed by atoms with Crippen LogP contribution in [0.25, 0.3) is 11.0 Å². The number of aliphatic hydroxyl groups is 1. The number of aliphatic hydroxyl groups excluding tert-OH is 1. The Kier molecular flexibility index (Phi) is 5.22. The van der Waals surface area contributed by atoms with E-state index in [1.54, 1.807) is 30.5 Å². The number of para-hydroxylation sites is 2. The zero-order valence-electron chi connectivity index (χ0n) is 17.0. The molecule has 2 N–H and O–H groups in total. The van der Waals surface area contributed by atoms with Gasteiger partial charge in [-0.05, 0) is 73.6 Å². The van der Waals surface area contributed by atoms with Crippen molar-refractivity contribution in [3.05, 3.63) is 83.8 Å². The minimum atomic E-state index is -0.165. The summed E-state index contributed by atoms with van der Waals surface area (Å²) in [6.07, 6.45) is 4.71. The molecule has 0 bridgehead atoms. The standard InChI is InChI=1S/C25H23N3O3/c29-15-16-7-8-18(14-16)20-4-3-13-26-25(20)31-19-11-9-17(10-12-19)23(30)24-27-21-5-1-2-6-22(21)28-24/h1-6,9-13,16,18,29H,7-8,14-15H2,(H,27,28)/t16-,18+/m1/s1. The molecule has 4 aromatic rings. The van der Waals surface area contributed by atoms with Gasteiger partial charge in [0.15, 0.2) is 5.82 Å². The molecule has 0 radical (unpaired) electrons. The van der Waals surface area contributed by atoms with Crippen LogP contribution in [0.1, 0.15) is 46.9 Å². The van der Waals surface area contributed by atoms with Crippen molar-refractivity contribution in [1.29, 1.82) is 0 Å². The second-order valence-corrected chi connectivity index (χ2v) is 8.01. The highest BCUT2D eigenvalue weighted by Gasteiger charge is 2.28. The summed E-state index contributed by atoms with van der Waals surface area (Å²) in [5.74, 6) is 2.06. The summed E-state index contributed by atoms with van der Waals surface area (Å²) in [7, 11) is 0. The number of nitrogens with zero attached hydrogens (tertiary/aromatic N) is 2. The summed E-state index contributed by atoms with van der Waals surface area (Å²) < 4.78 is 6.07. The molecule has 0 unspecified atom stereocenters. The third kappa shape index (κ3) is 3.94. The van der Waals surface area contributed by atoms with Gasteiger partial charge < -0.3 is 14.8 Å². The van der Waals surface area contributed by atoms with E-state index in [-0.39, 0.29) is 12.4 Å². The Bertz CT molecular complexity index is 1180. The van der Waals surface area contributed by atoms with Crippen LogP contribution in [0.3, 0.4) is 0 Å². The number of benzene rings is 2. The van der Waals surface area contributed by atoms with Crippen molar-refractivity contribution < 1.29 is 14.6 Å². The molecule has 1 fully saturated rings. The van der Waals surface area contributed by atoms with Crippen LogP contribution in [-0.2, 0) is 0 Å². The topological polar surface area (TPSA) is 88.1 Å². The lowest BCUT2D eigenvalue weighted by atomic mass is 9.97. The number of nitrogens with one attached hydrogen (secondary N) is 1. The minimum absolute atomic E-state index is 0.165. The molecule has 0 aliphatic heterocycles. The number of pyridine rings is 1. The number of hydrogen-bond acceptors (Lipinski definition) is 5. The molecule has 6 heteroatoms. The number of fused-ring (bicyclic) bond motifs is 1. The van der Waals surface area contributed by atoms with E-state index in [1.165, 1.54) is 0 Å². The first-order chi connectivity index (χ1) is 15.2. The second-order valence-electron chi connectivity index (χ2n) is 8.01. The summed E-state index contributed by atoms with van der Waals surface area (Å²) in [5, 5.41) is 9.45. The van der Waals surface area contributed by atoms with E-state index in [9.17, 15) is 9.90 Å². The smallest absolute Gasteiger partial charge is 0.228 e. The number of hydrogen-bond donors (Lipinski definition) is 2. The van der Waals surface area contributed by atoms with Crippen LogP contribution in [0.5, 0.6) is 11.6 Å². The fourth-order valence-corrected chi connectivity index (χ4v) is 4.31. The summed E-state index contributed by atoms with van der Waals surface area (Å²) in [6, 6.07) is 18.6. The van der Waals surface area contributed by atoms with Crippen molar-refractivity contribution in [1.82, 2.24) is 15.0 Å². The molecule has 1 saturated carbocycles. The lowest BCUT2D eigenvalue weighted by Crippen LogP contribution is -2.04. The molecule has 2 atom stereocenters. The molecule has 0 amide bonds. The average Bonchev–Trinajstić information content (AvgIpc) is 3.46. The van der Waals surface area contributed by atoms with E-state index in [4.69, 9.17) is 4.74 Å². The maximum absolute atomic E-state index is 12.8. The van der Waals surface area contributed by atoms with Crippen molar-refractivity contribution >= 4 is 16.8 Å². The first-order valence-electron chi connectivity index (χ1n) is 10.5. The zero-order chi connectivity index (χ0) is 21.2. The molecular weight excluding hydrogens is 390 g/mol. The van der Waals surface area contributed by atoms with Gasteiger partial charge in [0.2, 0.25) is 11.7 Å². The van der Waals surface area contributed by atoms with Gasteiger partial charge in [-0.15, -0.1) is 0 Å². The van der Waals surface area contributed by atoms with E-state index in [2.05, 4.69) is 15.0 Å². The molecule has 2 heterocycles. The minimum Gasteiger partial charge on any atom is -0.439 e. The van der Waals surface area contributed by atoms with Crippen molar-refractivity contribution in [2.75, 3.05) is 6.61 Å². The van der Waals surface area contributed by atoms with Gasteiger partial charge in [0.25, 0.3) is 0 Å². The van der Waals surface area contributed by atoms with E-state index in [1.807, 2.05) is 36.4 Å². The Labute approximate surface area is 179 Å². The molecule has 0 saturated heterocycles. The molecule has 156 valence electrons. The predicted molar refractivity (Wildman–Crippen MR) is 117 cm³/mol. The lowest BCUT2D eigenvalue weighted by molar-refractivity contribution is 0.103. The van der Waals surface area contributed by atoms with Crippen molar-refractivity contribution in [3.63, 3.8) is 0 Å². The number of ketones is 1. The number of imidazole rings is 1. The van der Waals surface area contributed by atoms with Gasteiger partial charge in [-0.2, -0.15) is 0 Å².